The van der Waals surface area contributed by atoms with Crippen LogP contribution in [0.3, 0.4) is 0 Å². The van der Waals surface area contributed by atoms with Crippen molar-refractivity contribution in [2.24, 2.45) is 0 Å². The second-order valence-corrected chi connectivity index (χ2v) is 8.52. The van der Waals surface area contributed by atoms with Crippen LogP contribution in [0.2, 0.25) is 0 Å². The smallest absolute Gasteiger partial charge is 0.296 e. The number of likely N-dealkylation sites (tertiary alicyclic amines) is 1. The van der Waals surface area contributed by atoms with Gasteiger partial charge in [-0.1, -0.05) is 0 Å². The molecule has 2 aliphatic rings. The molecule has 1 unspecified atom stereocenters. The van der Waals surface area contributed by atoms with E-state index in [2.05, 4.69) is 10.3 Å². The number of carbonyl (C=O) groups excluding carboxylic acids is 2. The molecule has 9 nitrogen and oxygen atoms in total. The predicted octanol–water partition coefficient (Wildman–Crippen LogP) is 4.36. The molecular weight excluding hydrogens is 453 g/mol. The summed E-state index contributed by atoms with van der Waals surface area (Å²) in [6.45, 7) is 2.78. The maximum absolute atomic E-state index is 13.6. The molecule has 4 heterocycles. The maximum atomic E-state index is 13.6. The number of nitrogens with one attached hydrogen (secondary N) is 1. The minimum absolute atomic E-state index is 0.116. The number of rotatable bonds is 5. The van der Waals surface area contributed by atoms with Crippen LogP contribution in [0, 0.1) is 0 Å². The van der Waals surface area contributed by atoms with Gasteiger partial charge in [-0.2, -0.15) is 0 Å². The second kappa shape index (κ2) is 8.94. The summed E-state index contributed by atoms with van der Waals surface area (Å²) in [7, 11) is 3.53. The fourth-order valence-corrected chi connectivity index (χ4v) is 4.41. The van der Waals surface area contributed by atoms with Crippen LogP contribution in [-0.4, -0.2) is 61.7 Å². The number of hydrogen-bond acceptors (Lipinski definition) is 7. The lowest BCUT2D eigenvalue weighted by Gasteiger charge is -2.22. The van der Waals surface area contributed by atoms with Gasteiger partial charge in [-0.25, -0.2) is 9.37 Å². The fraction of sp³-hybridized carbons (Fsp3) is 0.320. The molecule has 5 rings (SSSR count). The molecule has 0 bridgehead atoms. The van der Waals surface area contributed by atoms with Crippen LogP contribution in [-0.2, 0) is 0 Å². The van der Waals surface area contributed by atoms with Gasteiger partial charge in [-0.15, -0.1) is 0 Å². The maximum Gasteiger partial charge on any atom is 0.296 e. The van der Waals surface area contributed by atoms with Crippen LogP contribution in [0.4, 0.5) is 33.0 Å². The van der Waals surface area contributed by atoms with Gasteiger partial charge in [0.2, 0.25) is 5.76 Å². The highest BCUT2D eigenvalue weighted by Crippen LogP contribution is 2.41. The molecule has 3 aromatic rings. The lowest BCUT2D eigenvalue weighted by atomic mass is 10.1. The number of anilines is 5. The number of halogens is 1. The standard InChI is InChI=1S/C25H26FN5O4/c1-4-34-21-11-15(24(32)31-9-7-16(26)14-31)5-6-17(21)28-22-12-19-20(13-27-22)30(3)25(33)23-18(29(19)2)8-10-35-23/h5-6,8,10-13,16H,4,7,9,14H2,1-3H3,(H,27,28). The third-order valence-corrected chi connectivity index (χ3v) is 6.30. The molecule has 10 heteroatoms. The number of hydrogen-bond donors (Lipinski definition) is 1. The number of benzene rings is 1. The highest BCUT2D eigenvalue weighted by atomic mass is 19.1. The van der Waals surface area contributed by atoms with Crippen molar-refractivity contribution in [3.8, 4) is 5.75 Å². The molecule has 1 aromatic carbocycles. The zero-order valence-corrected chi connectivity index (χ0v) is 19.7. The van der Waals surface area contributed by atoms with Gasteiger partial charge in [0.1, 0.15) is 17.7 Å². The zero-order valence-electron chi connectivity index (χ0n) is 19.7. The van der Waals surface area contributed by atoms with E-state index in [0.717, 1.165) is 5.69 Å². The highest BCUT2D eigenvalue weighted by molar-refractivity contribution is 6.11. The lowest BCUT2D eigenvalue weighted by Crippen LogP contribution is -2.28. The van der Waals surface area contributed by atoms with Gasteiger partial charge in [0.05, 0.1) is 48.4 Å². The average molecular weight is 480 g/mol. The van der Waals surface area contributed by atoms with Gasteiger partial charge >= 0.3 is 0 Å². The number of aromatic nitrogens is 1. The van der Waals surface area contributed by atoms with Crippen LogP contribution < -0.4 is 19.9 Å². The molecular formula is C25H26FN5O4. The Morgan fingerprint density at radius 3 is 2.77 bits per heavy atom. The van der Waals surface area contributed by atoms with Gasteiger partial charge in [0, 0.05) is 38.3 Å². The number of alkyl halides is 1. The molecule has 2 amide bonds. The molecule has 1 fully saturated rings. The van der Waals surface area contributed by atoms with Gasteiger partial charge in [-0.3, -0.25) is 9.59 Å². The Balaban J connectivity index is 1.45. The Labute approximate surface area is 202 Å². The number of pyridine rings is 1. The van der Waals surface area contributed by atoms with Crippen LogP contribution >= 0.6 is 0 Å². The topological polar surface area (TPSA) is 91.2 Å². The van der Waals surface area contributed by atoms with Crippen molar-refractivity contribution in [1.82, 2.24) is 9.88 Å². The van der Waals surface area contributed by atoms with E-state index < -0.39 is 6.17 Å². The molecule has 0 aliphatic carbocycles. The van der Waals surface area contributed by atoms with Crippen molar-refractivity contribution in [3.05, 3.63) is 54.1 Å². The van der Waals surface area contributed by atoms with E-state index in [1.165, 1.54) is 16.1 Å². The summed E-state index contributed by atoms with van der Waals surface area (Å²) in [4.78, 5) is 35.0. The number of fused-ring (bicyclic) bond motifs is 2. The van der Waals surface area contributed by atoms with Crippen LogP contribution in [0.15, 0.2) is 47.2 Å². The first kappa shape index (κ1) is 22.7. The number of nitrogens with zero attached hydrogens (tertiary/aromatic N) is 4. The van der Waals surface area contributed by atoms with Crippen molar-refractivity contribution in [2.45, 2.75) is 19.5 Å². The van der Waals surface area contributed by atoms with Gasteiger partial charge in [0.25, 0.3) is 11.8 Å². The van der Waals surface area contributed by atoms with E-state index in [1.54, 1.807) is 37.5 Å². The van der Waals surface area contributed by atoms with Crippen LogP contribution in [0.1, 0.15) is 34.3 Å². The molecule has 2 aliphatic heterocycles. The van der Waals surface area contributed by atoms with Crippen LogP contribution in [0.5, 0.6) is 5.75 Å². The molecule has 1 saturated heterocycles. The molecule has 182 valence electrons. The summed E-state index contributed by atoms with van der Waals surface area (Å²) in [5.41, 5.74) is 3.13. The SMILES string of the molecule is CCOc1cc(C(=O)N2CCC(F)C2)ccc1Nc1cc2c(cn1)N(C)C(=O)c1occc1N2C. The Hall–Kier alpha value is -4.08. The monoisotopic (exact) mass is 479 g/mol. The first-order valence-electron chi connectivity index (χ1n) is 11.4. The minimum atomic E-state index is -0.976. The number of carbonyl (C=O) groups is 2. The van der Waals surface area contributed by atoms with E-state index in [0.29, 0.717) is 53.8 Å². The fourth-order valence-electron chi connectivity index (χ4n) is 4.41. The van der Waals surface area contributed by atoms with E-state index >= 15 is 0 Å². The van der Waals surface area contributed by atoms with Crippen molar-refractivity contribution in [1.29, 1.82) is 0 Å². The van der Waals surface area contributed by atoms with Crippen molar-refractivity contribution in [3.63, 3.8) is 0 Å². The number of amides is 2. The Kier molecular flexibility index (Phi) is 5.80. The average Bonchev–Trinajstić information content (AvgIpc) is 3.51. The van der Waals surface area contributed by atoms with Crippen LogP contribution in [0.25, 0.3) is 0 Å². The van der Waals surface area contributed by atoms with E-state index in [1.807, 2.05) is 24.9 Å². The van der Waals surface area contributed by atoms with Gasteiger partial charge < -0.3 is 29.2 Å². The number of furan rings is 1. The summed E-state index contributed by atoms with van der Waals surface area (Å²) < 4.78 is 24.8. The van der Waals surface area contributed by atoms with E-state index in [-0.39, 0.29) is 24.1 Å². The zero-order chi connectivity index (χ0) is 24.7. The summed E-state index contributed by atoms with van der Waals surface area (Å²) in [5.74, 6) is 0.809. The first-order valence-corrected chi connectivity index (χ1v) is 11.4. The number of ether oxygens (including phenoxy) is 1. The third kappa shape index (κ3) is 4.05. The Bertz CT molecular complexity index is 1290. The molecule has 1 N–H and O–H groups in total. The third-order valence-electron chi connectivity index (χ3n) is 6.30. The Morgan fingerprint density at radius 1 is 1.20 bits per heavy atom. The molecule has 35 heavy (non-hydrogen) atoms. The van der Waals surface area contributed by atoms with Crippen molar-refractivity contribution in [2.75, 3.05) is 48.9 Å². The highest BCUT2D eigenvalue weighted by Gasteiger charge is 2.31. The summed E-state index contributed by atoms with van der Waals surface area (Å²) in [6.07, 6.45) is 2.50. The first-order chi connectivity index (χ1) is 16.9. The van der Waals surface area contributed by atoms with Crippen molar-refractivity contribution >= 4 is 40.4 Å². The summed E-state index contributed by atoms with van der Waals surface area (Å²) >= 11 is 0. The molecule has 0 radical (unpaired) electrons. The summed E-state index contributed by atoms with van der Waals surface area (Å²) in [5, 5.41) is 3.26. The predicted molar refractivity (Wildman–Crippen MR) is 130 cm³/mol. The quantitative estimate of drug-likeness (QED) is 0.581. The molecule has 1 atom stereocenters. The van der Waals surface area contributed by atoms with Gasteiger partial charge in [-0.05, 0) is 31.5 Å². The molecule has 0 saturated carbocycles. The molecule has 2 aromatic heterocycles. The van der Waals surface area contributed by atoms with E-state index in [4.69, 9.17) is 9.15 Å². The largest absolute Gasteiger partial charge is 0.492 e. The lowest BCUT2D eigenvalue weighted by molar-refractivity contribution is 0.0782. The Morgan fingerprint density at radius 2 is 2.03 bits per heavy atom. The normalized spacial score (nSPS) is 17.2. The minimum Gasteiger partial charge on any atom is -0.492 e. The van der Waals surface area contributed by atoms with Crippen molar-refractivity contribution < 1.29 is 23.1 Å². The summed E-state index contributed by atoms with van der Waals surface area (Å²) in [6, 6.07) is 8.69. The van der Waals surface area contributed by atoms with Gasteiger partial charge in [0.15, 0.2) is 0 Å². The van der Waals surface area contributed by atoms with E-state index in [9.17, 15) is 14.0 Å². The molecule has 0 spiro atoms. The second-order valence-electron chi connectivity index (χ2n) is 8.52.